The van der Waals surface area contributed by atoms with Gasteiger partial charge in [-0.05, 0) is 50.6 Å². The molecule has 0 aliphatic heterocycles. The number of halogens is 2. The van der Waals surface area contributed by atoms with E-state index in [-0.39, 0.29) is 24.2 Å². The zero-order valence-electron chi connectivity index (χ0n) is 18.4. The molecule has 2 aromatic carbocycles. The van der Waals surface area contributed by atoms with E-state index in [1.807, 2.05) is 0 Å². The number of carbonyl (C=O) groups excluding carboxylic acids is 2. The molecule has 2 aromatic rings. The van der Waals surface area contributed by atoms with Crippen LogP contribution in [-0.4, -0.2) is 50.0 Å². The molecular weight excluding hydrogens is 501 g/mol. The molecule has 2 amide bonds. The summed E-state index contributed by atoms with van der Waals surface area (Å²) in [6.45, 7) is 4.61. The number of benzene rings is 2. The maximum Gasteiger partial charge on any atom is 0.244 e. The van der Waals surface area contributed by atoms with Gasteiger partial charge in [0.15, 0.2) is 0 Å². The highest BCUT2D eigenvalue weighted by molar-refractivity contribution is 9.10. The first-order valence-electron chi connectivity index (χ1n) is 9.96. The fourth-order valence-electron chi connectivity index (χ4n) is 3.02. The summed E-state index contributed by atoms with van der Waals surface area (Å²) in [6.07, 6.45) is 0.903. The molecule has 0 saturated heterocycles. The van der Waals surface area contributed by atoms with E-state index in [2.05, 4.69) is 21.2 Å². The molecule has 0 heterocycles. The Morgan fingerprint density at radius 3 is 2.19 bits per heavy atom. The third-order valence-corrected chi connectivity index (χ3v) is 6.32. The van der Waals surface area contributed by atoms with Crippen molar-refractivity contribution in [3.8, 4) is 0 Å². The number of sulfonamides is 1. The molecule has 7 nitrogen and oxygen atoms in total. The quantitative estimate of drug-likeness (QED) is 0.542. The van der Waals surface area contributed by atoms with E-state index in [9.17, 15) is 22.4 Å². The Hall–Kier alpha value is -2.46. The van der Waals surface area contributed by atoms with Gasteiger partial charge in [0.25, 0.3) is 0 Å². The second-order valence-electron chi connectivity index (χ2n) is 7.71. The van der Waals surface area contributed by atoms with Crippen LogP contribution in [0.5, 0.6) is 0 Å². The number of nitrogens with one attached hydrogen (secondary N) is 1. The van der Waals surface area contributed by atoms with Gasteiger partial charge in [-0.3, -0.25) is 13.9 Å². The molecule has 0 aliphatic rings. The lowest BCUT2D eigenvalue weighted by Gasteiger charge is -2.32. The summed E-state index contributed by atoms with van der Waals surface area (Å²) in [5, 5.41) is 2.76. The highest BCUT2D eigenvalue weighted by Gasteiger charge is 2.31. The average molecular weight is 528 g/mol. The van der Waals surface area contributed by atoms with E-state index in [1.165, 1.54) is 23.1 Å². The van der Waals surface area contributed by atoms with Crippen molar-refractivity contribution in [1.82, 2.24) is 10.2 Å². The van der Waals surface area contributed by atoms with Crippen LogP contribution in [0.2, 0.25) is 0 Å². The van der Waals surface area contributed by atoms with Crippen molar-refractivity contribution >= 4 is 43.5 Å². The van der Waals surface area contributed by atoms with Crippen molar-refractivity contribution in [2.24, 2.45) is 0 Å². The summed E-state index contributed by atoms with van der Waals surface area (Å²) in [4.78, 5) is 27.2. The molecule has 0 aliphatic carbocycles. The predicted molar refractivity (Wildman–Crippen MR) is 126 cm³/mol. The summed E-state index contributed by atoms with van der Waals surface area (Å²) >= 11 is 3.35. The van der Waals surface area contributed by atoms with E-state index in [0.717, 1.165) is 22.4 Å². The third-order valence-electron chi connectivity index (χ3n) is 4.66. The van der Waals surface area contributed by atoms with Crippen LogP contribution in [0.3, 0.4) is 0 Å². The summed E-state index contributed by atoms with van der Waals surface area (Å²) in [5.41, 5.74) is 0.522. The van der Waals surface area contributed by atoms with Crippen LogP contribution in [0.15, 0.2) is 53.0 Å². The Balaban J connectivity index is 2.39. The van der Waals surface area contributed by atoms with Crippen LogP contribution in [0.1, 0.15) is 26.3 Å². The zero-order chi connectivity index (χ0) is 24.1. The Bertz CT molecular complexity index is 1060. The standard InChI is InChI=1S/C22H27BrFN3O4S/c1-15(2)25-22(29)16(3)26(13-17-9-11-18(23)12-10-17)21(28)14-27(32(4,30)31)20-8-6-5-7-19(20)24/h5-12,15-16H,13-14H2,1-4H3,(H,25,29)/t16-/m1/s1. The van der Waals surface area contributed by atoms with Gasteiger partial charge in [0.05, 0.1) is 11.9 Å². The first-order valence-corrected chi connectivity index (χ1v) is 12.6. The van der Waals surface area contributed by atoms with E-state index >= 15 is 0 Å². The highest BCUT2D eigenvalue weighted by atomic mass is 79.9. The smallest absolute Gasteiger partial charge is 0.244 e. The fourth-order valence-corrected chi connectivity index (χ4v) is 4.14. The summed E-state index contributed by atoms with van der Waals surface area (Å²) in [5.74, 6) is -1.77. The van der Waals surface area contributed by atoms with Crippen LogP contribution in [0, 0.1) is 5.82 Å². The minimum Gasteiger partial charge on any atom is -0.352 e. The van der Waals surface area contributed by atoms with Gasteiger partial charge in [0, 0.05) is 17.1 Å². The molecule has 32 heavy (non-hydrogen) atoms. The number of hydrogen-bond donors (Lipinski definition) is 1. The normalized spacial score (nSPS) is 12.3. The van der Waals surface area contributed by atoms with Gasteiger partial charge in [-0.1, -0.05) is 40.2 Å². The maximum absolute atomic E-state index is 14.3. The summed E-state index contributed by atoms with van der Waals surface area (Å²) in [7, 11) is -3.97. The molecule has 0 spiro atoms. The number of carbonyl (C=O) groups is 2. The minimum atomic E-state index is -3.97. The van der Waals surface area contributed by atoms with Crippen molar-refractivity contribution in [2.45, 2.75) is 39.4 Å². The molecule has 0 unspecified atom stereocenters. The summed E-state index contributed by atoms with van der Waals surface area (Å²) in [6, 6.07) is 11.5. The molecular formula is C22H27BrFN3O4S. The van der Waals surface area contributed by atoms with Crippen molar-refractivity contribution in [1.29, 1.82) is 0 Å². The summed E-state index contributed by atoms with van der Waals surface area (Å²) < 4.78 is 40.7. The van der Waals surface area contributed by atoms with Gasteiger partial charge in [-0.2, -0.15) is 0 Å². The van der Waals surface area contributed by atoms with E-state index < -0.39 is 34.3 Å². The second-order valence-corrected chi connectivity index (χ2v) is 10.5. The molecule has 1 N–H and O–H groups in total. The number of hydrogen-bond acceptors (Lipinski definition) is 4. The Kier molecular flexibility index (Phi) is 8.80. The monoisotopic (exact) mass is 527 g/mol. The zero-order valence-corrected chi connectivity index (χ0v) is 20.8. The van der Waals surface area contributed by atoms with Crippen LogP contribution in [-0.2, 0) is 26.2 Å². The third kappa shape index (κ3) is 7.03. The molecule has 10 heteroatoms. The molecule has 0 fully saturated rings. The Labute approximate surface area is 196 Å². The van der Waals surface area contributed by atoms with Gasteiger partial charge in [0.2, 0.25) is 21.8 Å². The number of nitrogens with zero attached hydrogens (tertiary/aromatic N) is 2. The van der Waals surface area contributed by atoms with Crippen LogP contribution in [0.4, 0.5) is 10.1 Å². The minimum absolute atomic E-state index is 0.0771. The SMILES string of the molecule is CC(C)NC(=O)[C@@H](C)N(Cc1ccc(Br)cc1)C(=O)CN(c1ccccc1F)S(C)(=O)=O. The topological polar surface area (TPSA) is 86.8 Å². The van der Waals surface area contributed by atoms with Gasteiger partial charge >= 0.3 is 0 Å². The van der Waals surface area contributed by atoms with E-state index in [1.54, 1.807) is 45.0 Å². The van der Waals surface area contributed by atoms with E-state index in [4.69, 9.17) is 0 Å². The van der Waals surface area contributed by atoms with Crippen LogP contribution < -0.4 is 9.62 Å². The first kappa shape index (κ1) is 25.8. The first-order chi connectivity index (χ1) is 14.9. The average Bonchev–Trinajstić information content (AvgIpc) is 2.70. The molecule has 0 saturated carbocycles. The fraction of sp³-hybridized carbons (Fsp3) is 0.364. The number of rotatable bonds is 9. The lowest BCUT2D eigenvalue weighted by atomic mass is 10.1. The number of para-hydroxylation sites is 1. The largest absolute Gasteiger partial charge is 0.352 e. The second kappa shape index (κ2) is 10.9. The molecule has 2 rings (SSSR count). The highest BCUT2D eigenvalue weighted by Crippen LogP contribution is 2.22. The van der Waals surface area contributed by atoms with Crippen LogP contribution in [0.25, 0.3) is 0 Å². The lowest BCUT2D eigenvalue weighted by Crippen LogP contribution is -2.52. The van der Waals surface area contributed by atoms with E-state index in [0.29, 0.717) is 4.31 Å². The molecule has 1 atom stereocenters. The van der Waals surface area contributed by atoms with Gasteiger partial charge in [-0.25, -0.2) is 12.8 Å². The number of amides is 2. The van der Waals surface area contributed by atoms with Crippen molar-refractivity contribution < 1.29 is 22.4 Å². The number of anilines is 1. The lowest BCUT2D eigenvalue weighted by molar-refractivity contribution is -0.139. The predicted octanol–water partition coefficient (Wildman–Crippen LogP) is 3.30. The maximum atomic E-state index is 14.3. The van der Waals surface area contributed by atoms with Crippen molar-refractivity contribution in [3.05, 3.63) is 64.4 Å². The van der Waals surface area contributed by atoms with Gasteiger partial charge < -0.3 is 10.2 Å². The molecule has 0 bridgehead atoms. The Morgan fingerprint density at radius 1 is 1.06 bits per heavy atom. The molecule has 174 valence electrons. The molecule has 0 aromatic heterocycles. The van der Waals surface area contributed by atoms with Gasteiger partial charge in [-0.15, -0.1) is 0 Å². The van der Waals surface area contributed by atoms with Crippen LogP contribution >= 0.6 is 15.9 Å². The van der Waals surface area contributed by atoms with Gasteiger partial charge in [0.1, 0.15) is 18.4 Å². The Morgan fingerprint density at radius 2 is 1.66 bits per heavy atom. The van der Waals surface area contributed by atoms with Crippen molar-refractivity contribution in [2.75, 3.05) is 17.1 Å². The molecule has 0 radical (unpaired) electrons. The van der Waals surface area contributed by atoms with Crippen molar-refractivity contribution in [3.63, 3.8) is 0 Å².